The van der Waals surface area contributed by atoms with Crippen LogP contribution in [0.15, 0.2) is 18.2 Å². The van der Waals surface area contributed by atoms with Crippen molar-refractivity contribution >= 4 is 33.9 Å². The molecule has 1 rings (SSSR count). The first kappa shape index (κ1) is 13.4. The van der Waals surface area contributed by atoms with E-state index in [-0.39, 0.29) is 33.5 Å². The first-order valence-corrected chi connectivity index (χ1v) is 4.49. The Balaban J connectivity index is 0.00000169. The summed E-state index contributed by atoms with van der Waals surface area (Å²) in [6, 6.07) is 3.66. The van der Waals surface area contributed by atoms with E-state index < -0.39 is 11.6 Å². The number of nitrogens with one attached hydrogen (secondary N) is 1. The Morgan fingerprint density at radius 3 is 2.29 bits per heavy atom. The number of halogens is 3. The molecule has 0 saturated heterocycles. The second-order valence-electron chi connectivity index (χ2n) is 2.35. The summed E-state index contributed by atoms with van der Waals surface area (Å²) < 4.78 is 25.9. The van der Waals surface area contributed by atoms with Gasteiger partial charge < -0.3 is 5.73 Å². The van der Waals surface area contributed by atoms with Gasteiger partial charge in [0.1, 0.15) is 11.6 Å². The second kappa shape index (κ2) is 5.98. The lowest BCUT2D eigenvalue weighted by molar-refractivity contribution is 0.566. The largest absolute Gasteiger partial charge is 0.379 e. The summed E-state index contributed by atoms with van der Waals surface area (Å²) in [5.74, 6) is -1.16. The number of benzene rings is 1. The maximum absolute atomic E-state index is 12.9. The summed E-state index contributed by atoms with van der Waals surface area (Å²) in [6.07, 6.45) is 0. The van der Waals surface area contributed by atoms with Crippen LogP contribution in [-0.4, -0.2) is 5.17 Å². The molecule has 0 unspecified atom stereocenters. The van der Waals surface area contributed by atoms with Crippen LogP contribution in [0.4, 0.5) is 8.78 Å². The van der Waals surface area contributed by atoms with Crippen LogP contribution >= 0.6 is 28.7 Å². The van der Waals surface area contributed by atoms with Gasteiger partial charge in [-0.2, -0.15) is 0 Å². The topological polar surface area (TPSA) is 49.9 Å². The fourth-order valence-electron chi connectivity index (χ4n) is 0.820. The van der Waals surface area contributed by atoms with Crippen molar-refractivity contribution in [1.82, 2.24) is 0 Å². The van der Waals surface area contributed by atoms with Crippen LogP contribution < -0.4 is 5.73 Å². The molecule has 1 aromatic rings. The molecule has 0 aliphatic rings. The monoisotopic (exact) mass is 282 g/mol. The fourth-order valence-corrected chi connectivity index (χ4v) is 1.40. The molecule has 1 aromatic carbocycles. The minimum absolute atomic E-state index is 0. The van der Waals surface area contributed by atoms with E-state index in [0.29, 0.717) is 0 Å². The third-order valence-corrected chi connectivity index (χ3v) is 2.18. The normalized spacial score (nSPS) is 9.29. The lowest BCUT2D eigenvalue weighted by atomic mass is 10.2. The van der Waals surface area contributed by atoms with Crippen LogP contribution in [-0.2, 0) is 5.75 Å². The van der Waals surface area contributed by atoms with Crippen LogP contribution in [0.3, 0.4) is 0 Å². The molecule has 3 N–H and O–H groups in total. The molecule has 14 heavy (non-hydrogen) atoms. The van der Waals surface area contributed by atoms with E-state index in [4.69, 9.17) is 11.1 Å². The van der Waals surface area contributed by atoms with E-state index in [0.717, 1.165) is 11.8 Å². The van der Waals surface area contributed by atoms with Crippen molar-refractivity contribution < 1.29 is 8.78 Å². The highest BCUT2D eigenvalue weighted by atomic mass is 79.9. The Kier molecular flexibility index (Phi) is 5.71. The van der Waals surface area contributed by atoms with Crippen molar-refractivity contribution in [2.24, 2.45) is 5.73 Å². The standard InChI is InChI=1S/C8H8F2N2S.BrH/c9-6-2-1-3-7(10)5(6)4-13-8(11)12;/h1-3H,4H2,(H3,11,12);1H. The van der Waals surface area contributed by atoms with E-state index in [9.17, 15) is 8.78 Å². The molecule has 78 valence electrons. The van der Waals surface area contributed by atoms with Crippen LogP contribution in [0.5, 0.6) is 0 Å². The van der Waals surface area contributed by atoms with Gasteiger partial charge in [-0.05, 0) is 12.1 Å². The van der Waals surface area contributed by atoms with E-state index in [1.807, 2.05) is 0 Å². The maximum atomic E-state index is 12.9. The highest BCUT2D eigenvalue weighted by Gasteiger charge is 2.08. The lowest BCUT2D eigenvalue weighted by Gasteiger charge is -2.02. The smallest absolute Gasteiger partial charge is 0.151 e. The highest BCUT2D eigenvalue weighted by molar-refractivity contribution is 8.93. The van der Waals surface area contributed by atoms with E-state index in [1.165, 1.54) is 18.2 Å². The number of amidine groups is 1. The molecule has 0 aliphatic carbocycles. The molecule has 0 aliphatic heterocycles. The van der Waals surface area contributed by atoms with Crippen molar-refractivity contribution in [2.45, 2.75) is 5.75 Å². The summed E-state index contributed by atoms with van der Waals surface area (Å²) in [5, 5.41) is 6.73. The van der Waals surface area contributed by atoms with E-state index in [2.05, 4.69) is 0 Å². The molecular weight excluding hydrogens is 274 g/mol. The molecule has 0 bridgehead atoms. The van der Waals surface area contributed by atoms with Gasteiger partial charge in [-0.25, -0.2) is 8.78 Å². The van der Waals surface area contributed by atoms with Crippen molar-refractivity contribution in [3.8, 4) is 0 Å². The summed E-state index contributed by atoms with van der Waals surface area (Å²) >= 11 is 0.894. The van der Waals surface area contributed by atoms with E-state index in [1.54, 1.807) is 0 Å². The first-order chi connectivity index (χ1) is 6.11. The number of thioether (sulfide) groups is 1. The molecule has 0 heterocycles. The third-order valence-electron chi connectivity index (χ3n) is 1.43. The Hall–Kier alpha value is -0.620. The predicted molar refractivity (Wildman–Crippen MR) is 59.9 cm³/mol. The molecular formula is C8H9BrF2N2S. The average molecular weight is 283 g/mol. The number of rotatable bonds is 2. The van der Waals surface area contributed by atoms with Gasteiger partial charge in [-0.3, -0.25) is 5.41 Å². The lowest BCUT2D eigenvalue weighted by Crippen LogP contribution is -2.05. The fraction of sp³-hybridized carbons (Fsp3) is 0.125. The molecule has 0 aromatic heterocycles. The van der Waals surface area contributed by atoms with Crippen molar-refractivity contribution in [1.29, 1.82) is 5.41 Å². The van der Waals surface area contributed by atoms with Crippen LogP contribution in [0.2, 0.25) is 0 Å². The Labute approximate surface area is 95.2 Å². The summed E-state index contributed by atoms with van der Waals surface area (Å²) in [6.45, 7) is 0. The minimum Gasteiger partial charge on any atom is -0.379 e. The van der Waals surface area contributed by atoms with Gasteiger partial charge >= 0.3 is 0 Å². The molecule has 0 amide bonds. The van der Waals surface area contributed by atoms with Crippen molar-refractivity contribution in [3.05, 3.63) is 35.4 Å². The summed E-state index contributed by atoms with van der Waals surface area (Å²) in [5.41, 5.74) is 5.00. The maximum Gasteiger partial charge on any atom is 0.151 e. The summed E-state index contributed by atoms with van der Waals surface area (Å²) in [4.78, 5) is 0. The molecule has 2 nitrogen and oxygen atoms in total. The van der Waals surface area contributed by atoms with Crippen LogP contribution in [0, 0.1) is 17.0 Å². The van der Waals surface area contributed by atoms with Gasteiger partial charge in [-0.15, -0.1) is 17.0 Å². The predicted octanol–water partition coefficient (Wildman–Crippen LogP) is 2.67. The zero-order valence-electron chi connectivity index (χ0n) is 7.09. The Bertz CT molecular complexity index is 313. The Morgan fingerprint density at radius 2 is 1.86 bits per heavy atom. The number of hydrogen-bond acceptors (Lipinski definition) is 2. The van der Waals surface area contributed by atoms with Gasteiger partial charge in [0.05, 0.1) is 0 Å². The molecule has 0 spiro atoms. The van der Waals surface area contributed by atoms with Gasteiger partial charge in [-0.1, -0.05) is 17.8 Å². The molecule has 0 atom stereocenters. The first-order valence-electron chi connectivity index (χ1n) is 3.51. The van der Waals surface area contributed by atoms with E-state index >= 15 is 0 Å². The quantitative estimate of drug-likeness (QED) is 0.647. The second-order valence-corrected chi connectivity index (χ2v) is 3.37. The molecule has 6 heteroatoms. The van der Waals surface area contributed by atoms with Crippen molar-refractivity contribution in [3.63, 3.8) is 0 Å². The third kappa shape index (κ3) is 3.63. The minimum atomic E-state index is -0.603. The van der Waals surface area contributed by atoms with Crippen LogP contribution in [0.1, 0.15) is 5.56 Å². The zero-order valence-corrected chi connectivity index (χ0v) is 9.62. The number of hydrogen-bond donors (Lipinski definition) is 2. The van der Waals surface area contributed by atoms with Gasteiger partial charge in [0.15, 0.2) is 5.17 Å². The van der Waals surface area contributed by atoms with Gasteiger partial charge in [0, 0.05) is 11.3 Å². The van der Waals surface area contributed by atoms with Gasteiger partial charge in [0.25, 0.3) is 0 Å². The molecule has 0 fully saturated rings. The van der Waals surface area contributed by atoms with Crippen molar-refractivity contribution in [2.75, 3.05) is 0 Å². The zero-order chi connectivity index (χ0) is 9.84. The molecule has 0 radical (unpaired) electrons. The average Bonchev–Trinajstić information content (AvgIpc) is 2.03. The highest BCUT2D eigenvalue weighted by Crippen LogP contribution is 2.18. The molecule has 0 saturated carbocycles. The number of nitrogens with two attached hydrogens (primary N) is 1. The Morgan fingerprint density at radius 1 is 1.36 bits per heavy atom. The summed E-state index contributed by atoms with van der Waals surface area (Å²) in [7, 11) is 0. The SMILES string of the molecule is Br.N=C(N)SCc1c(F)cccc1F. The van der Waals surface area contributed by atoms with Gasteiger partial charge in [0.2, 0.25) is 0 Å². The van der Waals surface area contributed by atoms with Crippen LogP contribution in [0.25, 0.3) is 0 Å².